The second kappa shape index (κ2) is 13.3. The summed E-state index contributed by atoms with van der Waals surface area (Å²) < 4.78 is 8.83. The van der Waals surface area contributed by atoms with Crippen molar-refractivity contribution in [2.75, 3.05) is 24.5 Å². The number of unbranched alkanes of at least 4 members (excludes halogenated alkanes) is 2. The van der Waals surface area contributed by atoms with Crippen molar-refractivity contribution in [1.82, 2.24) is 4.58 Å². The third-order valence-electron chi connectivity index (χ3n) is 8.57. The molecule has 3 aliphatic rings. The third kappa shape index (κ3) is 6.51. The molecule has 0 aromatic heterocycles. The van der Waals surface area contributed by atoms with Crippen LogP contribution in [0, 0.1) is 0 Å². The van der Waals surface area contributed by atoms with E-state index in [-0.39, 0.29) is 11.8 Å². The zero-order valence-electron chi connectivity index (χ0n) is 25.8. The lowest BCUT2D eigenvalue weighted by Gasteiger charge is -2.27. The van der Waals surface area contributed by atoms with Gasteiger partial charge in [0.2, 0.25) is 5.36 Å². The fourth-order valence-electron chi connectivity index (χ4n) is 6.22. The molecule has 5 nitrogen and oxygen atoms in total. The van der Waals surface area contributed by atoms with Gasteiger partial charge in [-0.1, -0.05) is 81.0 Å². The van der Waals surface area contributed by atoms with Crippen molar-refractivity contribution < 1.29 is 14.3 Å². The van der Waals surface area contributed by atoms with E-state index in [1.54, 1.807) is 0 Å². The van der Waals surface area contributed by atoms with Crippen molar-refractivity contribution in [1.29, 1.82) is 0 Å². The maximum atomic E-state index is 11.0. The average molecular weight is 576 g/mol. The minimum Gasteiger partial charge on any atom is -0.481 e. The van der Waals surface area contributed by atoms with Crippen LogP contribution in [0.2, 0.25) is 0 Å². The largest absolute Gasteiger partial charge is 0.481 e. The summed E-state index contributed by atoms with van der Waals surface area (Å²) in [5.41, 5.74) is 6.90. The molecule has 0 unspecified atom stereocenters. The monoisotopic (exact) mass is 575 g/mol. The van der Waals surface area contributed by atoms with Gasteiger partial charge in [0.1, 0.15) is 24.6 Å². The van der Waals surface area contributed by atoms with Gasteiger partial charge in [-0.3, -0.25) is 4.79 Å². The SMILES string of the molecule is CC[N+](CC)=c1ccc2c(C=CC=C3N(CCCCCC(=O)O)c4ccccc4C3(C)C)cc(-c3ccccc3)oc-2c1. The Morgan fingerprint density at radius 3 is 2.40 bits per heavy atom. The Morgan fingerprint density at radius 1 is 0.907 bits per heavy atom. The second-order valence-corrected chi connectivity index (χ2v) is 11.7. The van der Waals surface area contributed by atoms with Crippen LogP contribution in [0.1, 0.15) is 64.5 Å². The summed E-state index contributed by atoms with van der Waals surface area (Å²) in [4.78, 5) is 13.4. The van der Waals surface area contributed by atoms with E-state index in [1.807, 2.05) is 18.2 Å². The van der Waals surface area contributed by atoms with E-state index in [2.05, 4.69) is 116 Å². The molecule has 0 radical (unpaired) electrons. The van der Waals surface area contributed by atoms with Crippen LogP contribution in [-0.4, -0.2) is 30.7 Å². The first kappa shape index (κ1) is 30.1. The molecule has 0 saturated carbocycles. The van der Waals surface area contributed by atoms with Crippen LogP contribution < -0.4 is 14.8 Å². The summed E-state index contributed by atoms with van der Waals surface area (Å²) in [5.74, 6) is 0.989. The lowest BCUT2D eigenvalue weighted by molar-refractivity contribution is -0.137. The van der Waals surface area contributed by atoms with E-state index in [0.29, 0.717) is 6.42 Å². The van der Waals surface area contributed by atoms with Crippen LogP contribution in [0.4, 0.5) is 5.69 Å². The van der Waals surface area contributed by atoms with Crippen LogP contribution >= 0.6 is 0 Å². The topological polar surface area (TPSA) is 56.7 Å². The highest BCUT2D eigenvalue weighted by molar-refractivity contribution is 5.77. The number of fused-ring (bicyclic) bond motifs is 2. The number of carbonyl (C=O) groups is 1. The molecule has 0 saturated heterocycles. The number of para-hydroxylation sites is 1. The van der Waals surface area contributed by atoms with E-state index in [4.69, 9.17) is 9.52 Å². The van der Waals surface area contributed by atoms with Gasteiger partial charge < -0.3 is 14.4 Å². The number of allylic oxidation sites excluding steroid dienone is 3. The molecule has 5 rings (SSSR count). The zero-order chi connectivity index (χ0) is 30.4. The summed E-state index contributed by atoms with van der Waals surface area (Å²) >= 11 is 0. The van der Waals surface area contributed by atoms with E-state index in [0.717, 1.165) is 66.0 Å². The Bertz CT molecular complexity index is 1670. The number of benzene rings is 3. The van der Waals surface area contributed by atoms with Crippen LogP contribution in [0.3, 0.4) is 0 Å². The van der Waals surface area contributed by atoms with Crippen molar-refractivity contribution in [3.8, 4) is 22.6 Å². The van der Waals surface area contributed by atoms with Crippen molar-refractivity contribution in [3.63, 3.8) is 0 Å². The Morgan fingerprint density at radius 2 is 1.65 bits per heavy atom. The Labute approximate surface area is 255 Å². The first-order valence-corrected chi connectivity index (χ1v) is 15.5. The minimum absolute atomic E-state index is 0.149. The molecule has 43 heavy (non-hydrogen) atoms. The first-order chi connectivity index (χ1) is 20.8. The molecule has 2 heterocycles. The standard InChI is InChI=1S/C38H42N2O3/c1-5-39(6-2)30-23-24-31-29(26-34(43-35(31)27-30)28-16-9-7-10-17-28)18-15-21-36-38(3,4)32-19-12-13-20-33(32)40(36)25-14-8-11-22-37(41)42/h7,9-10,12-13,15-21,23-24,26-27H,5-6,8,11,14,22,25H2,1-4H3/p+1. The Kier molecular flexibility index (Phi) is 9.30. The zero-order valence-corrected chi connectivity index (χ0v) is 25.8. The molecule has 1 N–H and O–H groups in total. The number of hydrogen-bond donors (Lipinski definition) is 1. The summed E-state index contributed by atoms with van der Waals surface area (Å²) in [6, 6.07) is 27.6. The summed E-state index contributed by atoms with van der Waals surface area (Å²) in [6.45, 7) is 11.7. The molecule has 0 bridgehead atoms. The lowest BCUT2D eigenvalue weighted by atomic mass is 9.83. The summed E-state index contributed by atoms with van der Waals surface area (Å²) in [6.07, 6.45) is 9.39. The molecule has 0 spiro atoms. The summed E-state index contributed by atoms with van der Waals surface area (Å²) in [5, 5.41) is 10.2. The molecular formula is C38H43N2O3+. The highest BCUT2D eigenvalue weighted by Crippen LogP contribution is 2.47. The normalized spacial score (nSPS) is 15.0. The predicted molar refractivity (Wildman–Crippen MR) is 177 cm³/mol. The van der Waals surface area contributed by atoms with Gasteiger partial charge in [0.05, 0.1) is 6.07 Å². The highest BCUT2D eigenvalue weighted by Gasteiger charge is 2.39. The number of anilines is 1. The lowest BCUT2D eigenvalue weighted by Crippen LogP contribution is -2.29. The van der Waals surface area contributed by atoms with Gasteiger partial charge >= 0.3 is 5.97 Å². The number of nitrogens with zero attached hydrogens (tertiary/aromatic N) is 2. The maximum absolute atomic E-state index is 11.0. The average Bonchev–Trinajstić information content (AvgIpc) is 3.23. The van der Waals surface area contributed by atoms with Gasteiger partial charge in [0.25, 0.3) is 0 Å². The molecule has 2 aromatic carbocycles. The molecule has 1 aliphatic carbocycles. The van der Waals surface area contributed by atoms with E-state index >= 15 is 0 Å². The fraction of sp³-hybridized carbons (Fsp3) is 0.316. The molecule has 5 heteroatoms. The van der Waals surface area contributed by atoms with Gasteiger partial charge in [0, 0.05) is 47.0 Å². The Balaban J connectivity index is 1.53. The van der Waals surface area contributed by atoms with E-state index in [9.17, 15) is 4.79 Å². The van der Waals surface area contributed by atoms with Gasteiger partial charge in [-0.2, -0.15) is 0 Å². The smallest absolute Gasteiger partial charge is 0.303 e. The van der Waals surface area contributed by atoms with Crippen LogP contribution in [0.15, 0.2) is 101 Å². The molecular weight excluding hydrogens is 532 g/mol. The van der Waals surface area contributed by atoms with Crippen molar-refractivity contribution >= 4 is 17.7 Å². The number of hydrogen-bond acceptors (Lipinski definition) is 3. The fourth-order valence-corrected chi connectivity index (χ4v) is 6.22. The molecule has 0 atom stereocenters. The molecule has 0 fully saturated rings. The third-order valence-corrected chi connectivity index (χ3v) is 8.57. The predicted octanol–water partition coefficient (Wildman–Crippen LogP) is 8.20. The number of rotatable bonds is 11. The van der Waals surface area contributed by atoms with Crippen molar-refractivity contribution in [2.45, 2.75) is 58.8 Å². The Hall–Kier alpha value is -4.38. The van der Waals surface area contributed by atoms with Gasteiger partial charge in [-0.15, -0.1) is 0 Å². The number of carboxylic acids is 1. The highest BCUT2D eigenvalue weighted by atomic mass is 16.4. The molecule has 0 amide bonds. The van der Waals surface area contributed by atoms with Crippen LogP contribution in [0.5, 0.6) is 0 Å². The van der Waals surface area contributed by atoms with E-state index < -0.39 is 5.97 Å². The van der Waals surface area contributed by atoms with Crippen molar-refractivity contribution in [3.05, 3.63) is 113 Å². The summed E-state index contributed by atoms with van der Waals surface area (Å²) in [7, 11) is 0. The maximum Gasteiger partial charge on any atom is 0.303 e. The van der Waals surface area contributed by atoms with Crippen LogP contribution in [-0.2, 0) is 10.2 Å². The number of carboxylic acid groups (broad SMARTS) is 1. The molecule has 2 aliphatic heterocycles. The molecule has 2 aromatic rings. The minimum atomic E-state index is -0.723. The van der Waals surface area contributed by atoms with E-state index in [1.165, 1.54) is 16.9 Å². The first-order valence-electron chi connectivity index (χ1n) is 15.5. The van der Waals surface area contributed by atoms with Gasteiger partial charge in [-0.05, 0) is 62.1 Å². The van der Waals surface area contributed by atoms with Gasteiger partial charge in [-0.25, -0.2) is 4.58 Å². The quantitative estimate of drug-likeness (QED) is 0.145. The van der Waals surface area contributed by atoms with Crippen molar-refractivity contribution in [2.24, 2.45) is 0 Å². The molecule has 222 valence electrons. The second-order valence-electron chi connectivity index (χ2n) is 11.7. The number of aliphatic carboxylic acids is 1. The van der Waals surface area contributed by atoms with Gasteiger partial charge in [0.15, 0.2) is 0 Å². The van der Waals surface area contributed by atoms with Crippen LogP contribution in [0.25, 0.3) is 28.7 Å².